The van der Waals surface area contributed by atoms with E-state index in [1.165, 1.54) is 24.4 Å². The van der Waals surface area contributed by atoms with Crippen molar-refractivity contribution in [2.24, 2.45) is 5.10 Å². The third-order valence-electron chi connectivity index (χ3n) is 3.39. The number of hydrogen-bond donors (Lipinski definition) is 1. The van der Waals surface area contributed by atoms with Crippen molar-refractivity contribution in [3.05, 3.63) is 68.8 Å². The lowest BCUT2D eigenvalue weighted by molar-refractivity contribution is -0.384. The minimum absolute atomic E-state index is 0.0874. The molecule has 0 aromatic heterocycles. The number of nitrogens with zero attached hydrogens (tertiary/aromatic N) is 2. The number of amides is 1. The van der Waals surface area contributed by atoms with E-state index < -0.39 is 17.4 Å². The Morgan fingerprint density at radius 1 is 1.27 bits per heavy atom. The van der Waals surface area contributed by atoms with Gasteiger partial charge in [0.2, 0.25) is 0 Å². The average molecular weight is 363 g/mol. The Balaban J connectivity index is 2.09. The van der Waals surface area contributed by atoms with Gasteiger partial charge in [-0.05, 0) is 48.7 Å². The first-order valence-corrected chi connectivity index (χ1v) is 7.42. The molecule has 1 amide bonds. The van der Waals surface area contributed by atoms with Crippen LogP contribution in [0.4, 0.5) is 14.5 Å². The van der Waals surface area contributed by atoms with Crippen LogP contribution in [-0.4, -0.2) is 23.7 Å². The number of carbonyl (C=O) groups excluding carboxylic acids is 1. The molecule has 1 N–H and O–H groups in total. The monoisotopic (exact) mass is 363 g/mol. The first-order chi connectivity index (χ1) is 12.3. The predicted molar refractivity (Wildman–Crippen MR) is 90.7 cm³/mol. The molecule has 0 fully saturated rings. The third kappa shape index (κ3) is 4.82. The molecule has 0 saturated carbocycles. The predicted octanol–water partition coefficient (Wildman–Crippen LogP) is 3.58. The van der Waals surface area contributed by atoms with Gasteiger partial charge < -0.3 is 4.74 Å². The number of rotatable bonds is 6. The molecule has 0 aliphatic heterocycles. The van der Waals surface area contributed by atoms with Gasteiger partial charge >= 0.3 is 6.61 Å². The molecule has 0 unspecified atom stereocenters. The number of benzene rings is 2. The van der Waals surface area contributed by atoms with E-state index in [9.17, 15) is 23.7 Å². The van der Waals surface area contributed by atoms with Crippen LogP contribution < -0.4 is 10.2 Å². The normalized spacial score (nSPS) is 11.0. The summed E-state index contributed by atoms with van der Waals surface area (Å²) in [5.74, 6) is -0.520. The first kappa shape index (κ1) is 19.0. The highest BCUT2D eigenvalue weighted by Gasteiger charge is 2.12. The molecule has 2 aromatic rings. The van der Waals surface area contributed by atoms with Crippen LogP contribution in [0, 0.1) is 24.0 Å². The van der Waals surface area contributed by atoms with Crippen molar-refractivity contribution in [2.45, 2.75) is 20.5 Å². The number of nitro benzene ring substituents is 1. The van der Waals surface area contributed by atoms with E-state index in [-0.39, 0.29) is 17.0 Å². The van der Waals surface area contributed by atoms with Crippen LogP contribution >= 0.6 is 0 Å². The molecule has 0 saturated heterocycles. The summed E-state index contributed by atoms with van der Waals surface area (Å²) >= 11 is 0. The van der Waals surface area contributed by atoms with Gasteiger partial charge in [-0.2, -0.15) is 13.9 Å². The van der Waals surface area contributed by atoms with E-state index in [1.807, 2.05) is 0 Å². The Hall–Kier alpha value is -3.36. The van der Waals surface area contributed by atoms with Gasteiger partial charge in [-0.3, -0.25) is 14.9 Å². The number of aryl methyl sites for hydroxylation is 2. The highest BCUT2D eigenvalue weighted by Crippen LogP contribution is 2.25. The summed E-state index contributed by atoms with van der Waals surface area (Å²) in [5.41, 5.74) is 3.70. The van der Waals surface area contributed by atoms with Crippen LogP contribution in [0.2, 0.25) is 0 Å². The summed E-state index contributed by atoms with van der Waals surface area (Å²) < 4.78 is 29.2. The van der Waals surface area contributed by atoms with E-state index in [0.717, 1.165) is 6.07 Å². The summed E-state index contributed by atoms with van der Waals surface area (Å²) in [4.78, 5) is 22.1. The van der Waals surface area contributed by atoms with Gasteiger partial charge in [0.15, 0.2) is 0 Å². The highest BCUT2D eigenvalue weighted by molar-refractivity contribution is 5.95. The van der Waals surface area contributed by atoms with Crippen molar-refractivity contribution in [1.82, 2.24) is 5.43 Å². The van der Waals surface area contributed by atoms with Gasteiger partial charge in [-0.15, -0.1) is 0 Å². The first-order valence-electron chi connectivity index (χ1n) is 7.42. The second kappa shape index (κ2) is 8.15. The van der Waals surface area contributed by atoms with Crippen LogP contribution in [0.3, 0.4) is 0 Å². The van der Waals surface area contributed by atoms with Gasteiger partial charge in [0.05, 0.1) is 11.1 Å². The Labute approximate surface area is 147 Å². The van der Waals surface area contributed by atoms with E-state index >= 15 is 0 Å². The zero-order chi connectivity index (χ0) is 19.3. The number of alkyl halides is 2. The largest absolute Gasteiger partial charge is 0.434 e. The summed E-state index contributed by atoms with van der Waals surface area (Å²) in [6, 6.07) is 8.37. The number of halogens is 2. The Morgan fingerprint density at radius 3 is 2.50 bits per heavy atom. The van der Waals surface area contributed by atoms with Gasteiger partial charge in [0.25, 0.3) is 11.6 Å². The molecule has 136 valence electrons. The molecule has 0 bridgehead atoms. The van der Waals surface area contributed by atoms with E-state index in [2.05, 4.69) is 15.3 Å². The van der Waals surface area contributed by atoms with Crippen LogP contribution in [0.5, 0.6) is 5.75 Å². The van der Waals surface area contributed by atoms with Crippen molar-refractivity contribution in [2.75, 3.05) is 0 Å². The maximum absolute atomic E-state index is 12.4. The van der Waals surface area contributed by atoms with E-state index in [0.29, 0.717) is 16.7 Å². The SMILES string of the molecule is Cc1cc(/C=N\NC(=O)c2cccc([N+](=O)[O-])c2)cc(C)c1OC(F)F. The molecule has 2 rings (SSSR count). The number of carbonyl (C=O) groups is 1. The minimum atomic E-state index is -2.92. The van der Waals surface area contributed by atoms with Crippen molar-refractivity contribution in [3.8, 4) is 5.75 Å². The summed E-state index contributed by atoms with van der Waals surface area (Å²) in [5, 5.41) is 14.5. The van der Waals surface area contributed by atoms with Gasteiger partial charge in [-0.1, -0.05) is 6.07 Å². The van der Waals surface area contributed by atoms with Gasteiger partial charge in [0.1, 0.15) is 5.75 Å². The van der Waals surface area contributed by atoms with Gasteiger partial charge in [0, 0.05) is 17.7 Å². The maximum atomic E-state index is 12.4. The second-order valence-corrected chi connectivity index (χ2v) is 5.37. The molecule has 0 heterocycles. The Morgan fingerprint density at radius 2 is 1.92 bits per heavy atom. The van der Waals surface area contributed by atoms with Crippen LogP contribution in [0.15, 0.2) is 41.5 Å². The average Bonchev–Trinajstić information content (AvgIpc) is 2.58. The summed E-state index contributed by atoms with van der Waals surface area (Å²) in [7, 11) is 0. The number of ether oxygens (including phenoxy) is 1. The summed E-state index contributed by atoms with van der Waals surface area (Å²) in [6.07, 6.45) is 1.33. The van der Waals surface area contributed by atoms with Crippen LogP contribution in [-0.2, 0) is 0 Å². The Bertz CT molecular complexity index is 846. The number of non-ortho nitro benzene ring substituents is 1. The quantitative estimate of drug-likeness (QED) is 0.482. The fraction of sp³-hybridized carbons (Fsp3) is 0.176. The number of nitrogens with one attached hydrogen (secondary N) is 1. The molecular weight excluding hydrogens is 348 g/mol. The lowest BCUT2D eigenvalue weighted by Gasteiger charge is -2.11. The molecule has 0 aliphatic rings. The zero-order valence-corrected chi connectivity index (χ0v) is 13.9. The molecule has 9 heteroatoms. The lowest BCUT2D eigenvalue weighted by Crippen LogP contribution is -2.17. The molecule has 26 heavy (non-hydrogen) atoms. The van der Waals surface area contributed by atoms with E-state index in [4.69, 9.17) is 0 Å². The van der Waals surface area contributed by atoms with Gasteiger partial charge in [-0.25, -0.2) is 5.43 Å². The molecule has 7 nitrogen and oxygen atoms in total. The molecule has 0 radical (unpaired) electrons. The second-order valence-electron chi connectivity index (χ2n) is 5.37. The number of nitro groups is 1. The third-order valence-corrected chi connectivity index (χ3v) is 3.39. The maximum Gasteiger partial charge on any atom is 0.387 e. The van der Waals surface area contributed by atoms with Crippen molar-refractivity contribution < 1.29 is 23.2 Å². The summed E-state index contributed by atoms with van der Waals surface area (Å²) in [6.45, 7) is 0.314. The van der Waals surface area contributed by atoms with E-state index in [1.54, 1.807) is 26.0 Å². The molecule has 0 aliphatic carbocycles. The minimum Gasteiger partial charge on any atom is -0.434 e. The molecule has 2 aromatic carbocycles. The molecular formula is C17H15F2N3O4. The topological polar surface area (TPSA) is 93.8 Å². The number of hydrazone groups is 1. The zero-order valence-electron chi connectivity index (χ0n) is 13.9. The number of hydrogen-bond acceptors (Lipinski definition) is 5. The van der Waals surface area contributed by atoms with Crippen molar-refractivity contribution >= 4 is 17.8 Å². The molecule has 0 atom stereocenters. The van der Waals surface area contributed by atoms with Crippen molar-refractivity contribution in [1.29, 1.82) is 0 Å². The van der Waals surface area contributed by atoms with Crippen molar-refractivity contribution in [3.63, 3.8) is 0 Å². The Kier molecular flexibility index (Phi) is 5.94. The molecule has 0 spiro atoms. The fourth-order valence-electron chi connectivity index (χ4n) is 2.32. The fourth-order valence-corrected chi connectivity index (χ4v) is 2.32. The smallest absolute Gasteiger partial charge is 0.387 e. The highest BCUT2D eigenvalue weighted by atomic mass is 19.3. The lowest BCUT2D eigenvalue weighted by atomic mass is 10.1. The van der Waals surface area contributed by atoms with Crippen LogP contribution in [0.25, 0.3) is 0 Å². The standard InChI is InChI=1S/C17H15F2N3O4/c1-10-6-12(7-11(2)15(10)26-17(18)19)9-20-21-16(23)13-4-3-5-14(8-13)22(24)25/h3-9,17H,1-2H3,(H,21,23)/b20-9-. The van der Waals surface area contributed by atoms with Crippen LogP contribution in [0.1, 0.15) is 27.0 Å².